The van der Waals surface area contributed by atoms with Crippen LogP contribution in [-0.4, -0.2) is 13.0 Å². The molecule has 1 amide bonds. The third-order valence-corrected chi connectivity index (χ3v) is 3.41. The maximum Gasteiger partial charge on any atom is 0.256 e. The van der Waals surface area contributed by atoms with Crippen LogP contribution in [0.3, 0.4) is 0 Å². The SMILES string of the molecule is COc1ccc(NC(=O)c2cc(C)ccc2Br)cc1. The van der Waals surface area contributed by atoms with Crippen LogP contribution in [0.25, 0.3) is 0 Å². The summed E-state index contributed by atoms with van der Waals surface area (Å²) in [7, 11) is 1.61. The summed E-state index contributed by atoms with van der Waals surface area (Å²) in [4.78, 5) is 12.2. The first kappa shape index (κ1) is 13.6. The summed E-state index contributed by atoms with van der Waals surface area (Å²) in [5.74, 6) is 0.621. The van der Waals surface area contributed by atoms with Crippen molar-refractivity contribution in [1.29, 1.82) is 0 Å². The number of hydrogen-bond donors (Lipinski definition) is 1. The highest BCUT2D eigenvalue weighted by molar-refractivity contribution is 9.10. The lowest BCUT2D eigenvalue weighted by Crippen LogP contribution is -2.12. The van der Waals surface area contributed by atoms with E-state index in [1.54, 1.807) is 31.4 Å². The van der Waals surface area contributed by atoms with Crippen molar-refractivity contribution in [3.8, 4) is 5.75 Å². The number of carbonyl (C=O) groups excluding carboxylic acids is 1. The Morgan fingerprint density at radius 2 is 1.84 bits per heavy atom. The van der Waals surface area contributed by atoms with E-state index in [4.69, 9.17) is 4.74 Å². The smallest absolute Gasteiger partial charge is 0.256 e. The summed E-state index contributed by atoms with van der Waals surface area (Å²) in [6.45, 7) is 1.95. The zero-order valence-electron chi connectivity index (χ0n) is 10.7. The molecule has 98 valence electrons. The molecule has 0 spiro atoms. The van der Waals surface area contributed by atoms with Gasteiger partial charge in [0.2, 0.25) is 0 Å². The number of benzene rings is 2. The number of carbonyl (C=O) groups is 1. The maximum absolute atomic E-state index is 12.2. The van der Waals surface area contributed by atoms with E-state index in [0.717, 1.165) is 21.5 Å². The Morgan fingerprint density at radius 3 is 2.47 bits per heavy atom. The zero-order chi connectivity index (χ0) is 13.8. The molecule has 4 heteroatoms. The molecular weight excluding hydrogens is 306 g/mol. The first-order valence-electron chi connectivity index (χ1n) is 5.81. The number of amides is 1. The Hall–Kier alpha value is -1.81. The van der Waals surface area contributed by atoms with Crippen molar-refractivity contribution >= 4 is 27.5 Å². The van der Waals surface area contributed by atoms with Crippen molar-refractivity contribution in [3.63, 3.8) is 0 Å². The number of halogens is 1. The average molecular weight is 320 g/mol. The molecule has 2 aromatic carbocycles. The van der Waals surface area contributed by atoms with E-state index in [0.29, 0.717) is 5.56 Å². The van der Waals surface area contributed by atoms with Crippen LogP contribution >= 0.6 is 15.9 Å². The Balaban J connectivity index is 2.18. The van der Waals surface area contributed by atoms with Gasteiger partial charge in [-0.25, -0.2) is 0 Å². The van der Waals surface area contributed by atoms with Gasteiger partial charge in [-0.05, 0) is 59.3 Å². The number of methoxy groups -OCH3 is 1. The average Bonchev–Trinajstić information content (AvgIpc) is 2.42. The van der Waals surface area contributed by atoms with Crippen LogP contribution in [0.4, 0.5) is 5.69 Å². The monoisotopic (exact) mass is 319 g/mol. The predicted molar refractivity (Wildman–Crippen MR) is 79.8 cm³/mol. The molecule has 0 aromatic heterocycles. The molecule has 0 atom stereocenters. The summed E-state index contributed by atoms with van der Waals surface area (Å²) < 4.78 is 5.86. The lowest BCUT2D eigenvalue weighted by atomic mass is 10.1. The molecule has 19 heavy (non-hydrogen) atoms. The van der Waals surface area contributed by atoms with E-state index in [9.17, 15) is 4.79 Å². The van der Waals surface area contributed by atoms with Crippen molar-refractivity contribution in [2.75, 3.05) is 12.4 Å². The van der Waals surface area contributed by atoms with Crippen LogP contribution in [0.1, 0.15) is 15.9 Å². The van der Waals surface area contributed by atoms with Crippen LogP contribution in [-0.2, 0) is 0 Å². The Kier molecular flexibility index (Phi) is 4.22. The van der Waals surface area contributed by atoms with Crippen LogP contribution in [0.5, 0.6) is 5.75 Å². The van der Waals surface area contributed by atoms with Crippen LogP contribution in [0.2, 0.25) is 0 Å². The molecule has 2 aromatic rings. The molecule has 0 fully saturated rings. The fourth-order valence-corrected chi connectivity index (χ4v) is 2.11. The normalized spacial score (nSPS) is 10.1. The second kappa shape index (κ2) is 5.89. The number of anilines is 1. The van der Waals surface area contributed by atoms with Gasteiger partial charge in [-0.2, -0.15) is 0 Å². The summed E-state index contributed by atoms with van der Waals surface area (Å²) in [6.07, 6.45) is 0. The number of ether oxygens (including phenoxy) is 1. The van der Waals surface area contributed by atoms with Gasteiger partial charge in [0.25, 0.3) is 5.91 Å². The van der Waals surface area contributed by atoms with E-state index in [1.807, 2.05) is 25.1 Å². The minimum absolute atomic E-state index is 0.138. The fraction of sp³-hybridized carbons (Fsp3) is 0.133. The second-order valence-corrected chi connectivity index (χ2v) is 5.02. The van der Waals surface area contributed by atoms with Gasteiger partial charge in [-0.15, -0.1) is 0 Å². The van der Waals surface area contributed by atoms with E-state index < -0.39 is 0 Å². The van der Waals surface area contributed by atoms with Crippen LogP contribution in [0, 0.1) is 6.92 Å². The molecule has 0 aliphatic rings. The molecule has 2 rings (SSSR count). The molecule has 0 aliphatic heterocycles. The van der Waals surface area contributed by atoms with E-state index >= 15 is 0 Å². The minimum Gasteiger partial charge on any atom is -0.497 e. The van der Waals surface area contributed by atoms with Gasteiger partial charge >= 0.3 is 0 Å². The molecule has 1 N–H and O–H groups in total. The maximum atomic E-state index is 12.2. The lowest BCUT2D eigenvalue weighted by Gasteiger charge is -2.08. The Labute approximate surface area is 120 Å². The first-order chi connectivity index (χ1) is 9.10. The lowest BCUT2D eigenvalue weighted by molar-refractivity contribution is 0.102. The number of aryl methyl sites for hydroxylation is 1. The highest BCUT2D eigenvalue weighted by atomic mass is 79.9. The Bertz CT molecular complexity index is 594. The molecule has 0 unspecified atom stereocenters. The number of rotatable bonds is 3. The summed E-state index contributed by atoms with van der Waals surface area (Å²) in [5.41, 5.74) is 2.40. The van der Waals surface area contributed by atoms with Gasteiger partial charge in [0, 0.05) is 10.2 Å². The van der Waals surface area contributed by atoms with Gasteiger partial charge in [-0.1, -0.05) is 11.6 Å². The molecule has 0 heterocycles. The van der Waals surface area contributed by atoms with Crippen molar-refractivity contribution in [3.05, 3.63) is 58.1 Å². The van der Waals surface area contributed by atoms with E-state index in [1.165, 1.54) is 0 Å². The summed E-state index contributed by atoms with van der Waals surface area (Å²) >= 11 is 3.39. The third-order valence-electron chi connectivity index (χ3n) is 2.71. The van der Waals surface area contributed by atoms with Crippen molar-refractivity contribution in [1.82, 2.24) is 0 Å². The quantitative estimate of drug-likeness (QED) is 0.928. The highest BCUT2D eigenvalue weighted by Gasteiger charge is 2.10. The van der Waals surface area contributed by atoms with Crippen molar-refractivity contribution in [2.24, 2.45) is 0 Å². The van der Waals surface area contributed by atoms with Gasteiger partial charge < -0.3 is 10.1 Å². The predicted octanol–water partition coefficient (Wildman–Crippen LogP) is 4.02. The molecule has 0 saturated heterocycles. The van der Waals surface area contributed by atoms with E-state index in [-0.39, 0.29) is 5.91 Å². The third kappa shape index (κ3) is 3.35. The van der Waals surface area contributed by atoms with Crippen molar-refractivity contribution < 1.29 is 9.53 Å². The van der Waals surface area contributed by atoms with Crippen molar-refractivity contribution in [2.45, 2.75) is 6.92 Å². The largest absolute Gasteiger partial charge is 0.497 e. The Morgan fingerprint density at radius 1 is 1.16 bits per heavy atom. The highest BCUT2D eigenvalue weighted by Crippen LogP contribution is 2.21. The standard InChI is InChI=1S/C15H14BrNO2/c1-10-3-8-14(16)13(9-10)15(18)17-11-4-6-12(19-2)7-5-11/h3-9H,1-2H3,(H,17,18). The van der Waals surface area contributed by atoms with Gasteiger partial charge in [0.05, 0.1) is 12.7 Å². The molecule has 0 saturated carbocycles. The van der Waals surface area contributed by atoms with Crippen LogP contribution < -0.4 is 10.1 Å². The van der Waals surface area contributed by atoms with Gasteiger partial charge in [0.15, 0.2) is 0 Å². The molecule has 3 nitrogen and oxygen atoms in total. The minimum atomic E-state index is -0.138. The summed E-state index contributed by atoms with van der Waals surface area (Å²) in [6, 6.07) is 12.9. The molecular formula is C15H14BrNO2. The number of hydrogen-bond acceptors (Lipinski definition) is 2. The molecule has 0 radical (unpaired) electrons. The second-order valence-electron chi connectivity index (χ2n) is 4.17. The molecule has 0 aliphatic carbocycles. The fourth-order valence-electron chi connectivity index (χ4n) is 1.69. The van der Waals surface area contributed by atoms with Gasteiger partial charge in [-0.3, -0.25) is 4.79 Å². The van der Waals surface area contributed by atoms with Gasteiger partial charge in [0.1, 0.15) is 5.75 Å². The number of nitrogens with one attached hydrogen (secondary N) is 1. The first-order valence-corrected chi connectivity index (χ1v) is 6.61. The summed E-state index contributed by atoms with van der Waals surface area (Å²) in [5, 5.41) is 2.85. The molecule has 0 bridgehead atoms. The zero-order valence-corrected chi connectivity index (χ0v) is 12.3. The van der Waals surface area contributed by atoms with E-state index in [2.05, 4.69) is 21.2 Å². The topological polar surface area (TPSA) is 38.3 Å². The van der Waals surface area contributed by atoms with Crippen LogP contribution in [0.15, 0.2) is 46.9 Å².